The number of halogens is 2. The van der Waals surface area contributed by atoms with E-state index in [1.807, 2.05) is 58.8 Å². The number of aryl methyl sites for hydroxylation is 3. The normalized spacial score (nSPS) is 13.8. The van der Waals surface area contributed by atoms with Crippen LogP contribution in [0, 0.1) is 18.6 Å². The number of aromatic amines is 2. The standard InChI is InChI=1S/C32H45FN4O3Si2.C24H26FN5O2/c1-9-24-16-23(2)29(33)18-28(24)25-10-11-27-30(17-25)37(22-40-13-15-42(6,7)8)35-31(27)32-34-26(20-38)19-36(32)21-39-12-14-41(3,4)5;1-2-14-10-22(32)20(25)11-19(14)15-3-4-18-21(9-15)28-29-23(18)24-26-12-16(27-24)13-30-7-5-17(31)6-8-30/h10-11,16-20H,9,12-15,21-22H2,1-8H3;3-4,9-12,17,31-32H,2,5-8,13H2,1H3,(H,26,27)(H,28,29). The van der Waals surface area contributed by atoms with Gasteiger partial charge in [0.25, 0.3) is 0 Å². The molecule has 0 saturated carbocycles. The van der Waals surface area contributed by atoms with Gasteiger partial charge < -0.3 is 29.2 Å². The number of rotatable bonds is 19. The summed E-state index contributed by atoms with van der Waals surface area (Å²) in [5.74, 6) is 0.0859. The first kappa shape index (κ1) is 54.1. The predicted molar refractivity (Wildman–Crippen MR) is 295 cm³/mol. The molecular weight excluding hydrogens is 973 g/mol. The Labute approximate surface area is 434 Å². The zero-order valence-electron chi connectivity index (χ0n) is 44.3. The van der Waals surface area contributed by atoms with Gasteiger partial charge in [-0.25, -0.2) is 23.4 Å². The molecule has 0 bridgehead atoms. The number of aromatic nitrogens is 8. The molecule has 0 spiro atoms. The van der Waals surface area contributed by atoms with Gasteiger partial charge >= 0.3 is 0 Å². The number of phenolic OH excluding ortho intramolecular Hbond substituents is 1. The summed E-state index contributed by atoms with van der Waals surface area (Å²) in [5.41, 5.74) is 10.4. The lowest BCUT2D eigenvalue weighted by Gasteiger charge is -2.28. The number of likely N-dealkylation sites (tertiary alicyclic amines) is 1. The Bertz CT molecular complexity index is 3230. The third-order valence-electron chi connectivity index (χ3n) is 13.6. The lowest BCUT2D eigenvalue weighted by Crippen LogP contribution is -2.35. The van der Waals surface area contributed by atoms with Crippen molar-refractivity contribution in [3.05, 3.63) is 113 Å². The number of carbonyl (C=O) groups is 1. The van der Waals surface area contributed by atoms with Crippen LogP contribution in [-0.2, 0) is 42.3 Å². The zero-order valence-corrected chi connectivity index (χ0v) is 46.3. The molecular formula is C56H71F2N9O5Si2. The number of nitrogens with one attached hydrogen (secondary N) is 2. The Morgan fingerprint density at radius 1 is 0.811 bits per heavy atom. The second-order valence-electron chi connectivity index (χ2n) is 21.9. The Balaban J connectivity index is 0.000000204. The van der Waals surface area contributed by atoms with E-state index in [2.05, 4.69) is 82.3 Å². The maximum absolute atomic E-state index is 14.7. The van der Waals surface area contributed by atoms with Crippen molar-refractivity contribution in [1.82, 2.24) is 44.4 Å². The van der Waals surface area contributed by atoms with Gasteiger partial charge in [-0.1, -0.05) is 71.3 Å². The van der Waals surface area contributed by atoms with Crippen LogP contribution in [0.3, 0.4) is 0 Å². The fourth-order valence-corrected chi connectivity index (χ4v) is 10.7. The third-order valence-corrected chi connectivity index (χ3v) is 17.0. The van der Waals surface area contributed by atoms with E-state index in [1.54, 1.807) is 19.2 Å². The molecule has 4 aromatic heterocycles. The first-order valence-electron chi connectivity index (χ1n) is 25.7. The summed E-state index contributed by atoms with van der Waals surface area (Å²) >= 11 is 0. The SMILES string of the molecule is CCc1cc(C)c(F)cc1-c1ccc2c(-c3nc(C=O)cn3COCC[Si](C)(C)C)nn(COCC[Si](C)(C)C)c2c1.CCc1cc(O)c(F)cc1-c1ccc2c(-c3ncc(CN4CCC(O)CC4)[nH]3)n[nH]c2c1. The Kier molecular flexibility index (Phi) is 16.9. The summed E-state index contributed by atoms with van der Waals surface area (Å²) < 4.78 is 44.5. The van der Waals surface area contributed by atoms with Gasteiger partial charge in [-0.2, -0.15) is 10.2 Å². The number of piperidine rings is 1. The van der Waals surface area contributed by atoms with E-state index in [0.717, 1.165) is 124 Å². The summed E-state index contributed by atoms with van der Waals surface area (Å²) in [5, 5.41) is 33.7. The van der Waals surface area contributed by atoms with Crippen molar-refractivity contribution in [2.24, 2.45) is 0 Å². The smallest absolute Gasteiger partial charge is 0.170 e. The lowest BCUT2D eigenvalue weighted by atomic mass is 9.95. The van der Waals surface area contributed by atoms with Crippen LogP contribution in [0.15, 0.2) is 73.1 Å². The maximum atomic E-state index is 14.7. The average molecular weight is 1040 g/mol. The molecule has 0 amide bonds. The molecule has 392 valence electrons. The van der Waals surface area contributed by atoms with E-state index in [0.29, 0.717) is 48.2 Å². The third kappa shape index (κ3) is 13.0. The number of phenols is 1. The Morgan fingerprint density at radius 3 is 2.11 bits per heavy atom. The molecule has 5 heterocycles. The Hall–Kier alpha value is -6.16. The number of carbonyl (C=O) groups excluding carboxylic acids is 1. The number of hydrogen-bond acceptors (Lipinski definition) is 10. The van der Waals surface area contributed by atoms with Gasteiger partial charge in [0.15, 0.2) is 29.5 Å². The number of aliphatic hydroxyl groups is 1. The van der Waals surface area contributed by atoms with E-state index in [-0.39, 0.29) is 31.1 Å². The molecule has 1 aliphatic rings. The molecule has 1 saturated heterocycles. The molecule has 4 aromatic carbocycles. The number of aliphatic hydroxyl groups excluding tert-OH is 1. The second kappa shape index (κ2) is 23.2. The second-order valence-corrected chi connectivity index (χ2v) is 33.1. The highest BCUT2D eigenvalue weighted by atomic mass is 28.3. The largest absolute Gasteiger partial charge is 0.505 e. The molecule has 74 heavy (non-hydrogen) atoms. The fraction of sp³-hybridized carbons (Fsp3) is 0.411. The van der Waals surface area contributed by atoms with Gasteiger partial charge in [0.2, 0.25) is 0 Å². The molecule has 9 rings (SSSR count). The van der Waals surface area contributed by atoms with Gasteiger partial charge in [-0.3, -0.25) is 14.8 Å². The number of aldehydes is 1. The molecule has 0 atom stereocenters. The van der Waals surface area contributed by atoms with Crippen molar-refractivity contribution in [2.45, 2.75) is 124 Å². The van der Waals surface area contributed by atoms with E-state index < -0.39 is 22.0 Å². The van der Waals surface area contributed by atoms with Crippen LogP contribution in [0.4, 0.5) is 8.78 Å². The minimum Gasteiger partial charge on any atom is -0.505 e. The Morgan fingerprint density at radius 2 is 1.45 bits per heavy atom. The van der Waals surface area contributed by atoms with Crippen LogP contribution < -0.4 is 0 Å². The first-order chi connectivity index (χ1) is 35.3. The molecule has 0 radical (unpaired) electrons. The minimum absolute atomic E-state index is 0.185. The summed E-state index contributed by atoms with van der Waals surface area (Å²) in [7, 11) is -2.49. The van der Waals surface area contributed by atoms with Crippen molar-refractivity contribution >= 4 is 44.2 Å². The van der Waals surface area contributed by atoms with Gasteiger partial charge in [-0.15, -0.1) is 0 Å². The number of ether oxygens (including phenoxy) is 2. The number of fused-ring (bicyclic) bond motifs is 2. The molecule has 14 nitrogen and oxygen atoms in total. The van der Waals surface area contributed by atoms with Crippen LogP contribution in [0.25, 0.3) is 67.1 Å². The molecule has 0 aliphatic carbocycles. The number of hydrogen-bond donors (Lipinski definition) is 4. The van der Waals surface area contributed by atoms with Crippen LogP contribution >= 0.6 is 0 Å². The van der Waals surface area contributed by atoms with Crippen molar-refractivity contribution in [3.63, 3.8) is 0 Å². The number of aromatic hydroxyl groups is 1. The maximum Gasteiger partial charge on any atom is 0.170 e. The van der Waals surface area contributed by atoms with Crippen molar-refractivity contribution < 1.29 is 33.3 Å². The average Bonchev–Trinajstić information content (AvgIpc) is 4.18. The van der Waals surface area contributed by atoms with Gasteiger partial charge in [0.05, 0.1) is 23.3 Å². The molecule has 1 fully saturated rings. The van der Waals surface area contributed by atoms with E-state index in [9.17, 15) is 23.8 Å². The van der Waals surface area contributed by atoms with Gasteiger partial charge in [0.1, 0.15) is 36.4 Å². The van der Waals surface area contributed by atoms with Gasteiger partial charge in [0, 0.05) is 71.7 Å². The number of imidazole rings is 2. The minimum atomic E-state index is -1.26. The molecule has 4 N–H and O–H groups in total. The monoisotopic (exact) mass is 1040 g/mol. The molecule has 8 aromatic rings. The number of H-pyrrole nitrogens is 2. The lowest BCUT2D eigenvalue weighted by molar-refractivity contribution is 0.0787. The highest BCUT2D eigenvalue weighted by Gasteiger charge is 2.23. The number of benzene rings is 4. The quantitative estimate of drug-likeness (QED) is 0.0347. The zero-order chi connectivity index (χ0) is 52.9. The van der Waals surface area contributed by atoms with Crippen molar-refractivity contribution in [1.29, 1.82) is 0 Å². The summed E-state index contributed by atoms with van der Waals surface area (Å²) in [6, 6.07) is 20.4. The van der Waals surface area contributed by atoms with E-state index in [4.69, 9.17) is 14.6 Å². The number of nitrogens with zero attached hydrogens (tertiary/aromatic N) is 7. The highest BCUT2D eigenvalue weighted by Crippen LogP contribution is 2.36. The molecule has 1 aliphatic heterocycles. The van der Waals surface area contributed by atoms with E-state index >= 15 is 0 Å². The van der Waals surface area contributed by atoms with Crippen molar-refractivity contribution in [3.8, 4) is 51.0 Å². The van der Waals surface area contributed by atoms with Crippen molar-refractivity contribution in [2.75, 3.05) is 26.3 Å². The van der Waals surface area contributed by atoms with Crippen LogP contribution in [0.5, 0.6) is 5.75 Å². The summed E-state index contributed by atoms with van der Waals surface area (Å²) in [6.45, 7) is 24.2. The topological polar surface area (TPSA) is 172 Å². The van der Waals surface area contributed by atoms with Crippen LogP contribution in [0.2, 0.25) is 51.4 Å². The van der Waals surface area contributed by atoms with E-state index in [1.165, 1.54) is 12.1 Å². The van der Waals surface area contributed by atoms with Crippen LogP contribution in [-0.4, -0.2) is 109 Å². The fourth-order valence-electron chi connectivity index (χ4n) is 9.17. The molecule has 0 unspecified atom stereocenters. The summed E-state index contributed by atoms with van der Waals surface area (Å²) in [6.07, 6.45) is 7.19. The van der Waals surface area contributed by atoms with Gasteiger partial charge in [-0.05, 0) is 126 Å². The molecule has 18 heteroatoms. The first-order valence-corrected chi connectivity index (χ1v) is 33.2. The highest BCUT2D eigenvalue weighted by molar-refractivity contribution is 6.76. The summed E-state index contributed by atoms with van der Waals surface area (Å²) in [4.78, 5) is 26.5. The van der Waals surface area contributed by atoms with Crippen LogP contribution in [0.1, 0.15) is 59.6 Å². The predicted octanol–water partition coefficient (Wildman–Crippen LogP) is 12.0.